The standard InChI is InChI=1S/C18H24O2/c1-20-18(19)17(14-16-10-6-3-7-11-16)13-12-15-8-4-2-5-9-15/h2,4-5,8-9,14,16H,3,6-7,10-13H2,1H3/b17-14+. The Hall–Kier alpha value is -1.57. The van der Waals surface area contributed by atoms with Crippen LogP contribution >= 0.6 is 0 Å². The van der Waals surface area contributed by atoms with Gasteiger partial charge in [0, 0.05) is 5.57 Å². The quantitative estimate of drug-likeness (QED) is 0.590. The zero-order valence-corrected chi connectivity index (χ0v) is 12.3. The first-order valence-electron chi connectivity index (χ1n) is 7.62. The molecular weight excluding hydrogens is 248 g/mol. The van der Waals surface area contributed by atoms with Gasteiger partial charge in [0.15, 0.2) is 0 Å². The van der Waals surface area contributed by atoms with Crippen molar-refractivity contribution in [3.05, 3.63) is 47.5 Å². The van der Waals surface area contributed by atoms with Crippen LogP contribution in [0, 0.1) is 5.92 Å². The van der Waals surface area contributed by atoms with E-state index in [2.05, 4.69) is 18.2 Å². The lowest BCUT2D eigenvalue weighted by Gasteiger charge is -2.19. The summed E-state index contributed by atoms with van der Waals surface area (Å²) >= 11 is 0. The number of esters is 1. The highest BCUT2D eigenvalue weighted by Gasteiger charge is 2.16. The van der Waals surface area contributed by atoms with Gasteiger partial charge in [-0.05, 0) is 37.2 Å². The number of ether oxygens (including phenoxy) is 1. The summed E-state index contributed by atoms with van der Waals surface area (Å²) in [5.74, 6) is 0.403. The summed E-state index contributed by atoms with van der Waals surface area (Å²) in [4.78, 5) is 11.9. The topological polar surface area (TPSA) is 26.3 Å². The zero-order chi connectivity index (χ0) is 14.2. The van der Waals surface area contributed by atoms with Crippen LogP contribution in [-0.2, 0) is 16.0 Å². The summed E-state index contributed by atoms with van der Waals surface area (Å²) in [6, 6.07) is 10.3. The Morgan fingerprint density at radius 2 is 1.90 bits per heavy atom. The molecule has 0 spiro atoms. The van der Waals surface area contributed by atoms with E-state index in [1.165, 1.54) is 44.8 Å². The number of carbonyl (C=O) groups excluding carboxylic acids is 1. The summed E-state index contributed by atoms with van der Waals surface area (Å²) in [5, 5.41) is 0. The van der Waals surface area contributed by atoms with Gasteiger partial charge in [-0.3, -0.25) is 0 Å². The summed E-state index contributed by atoms with van der Waals surface area (Å²) in [6.07, 6.45) is 10.2. The minimum Gasteiger partial charge on any atom is -0.466 e. The number of methoxy groups -OCH3 is 1. The van der Waals surface area contributed by atoms with E-state index in [0.29, 0.717) is 5.92 Å². The fourth-order valence-corrected chi connectivity index (χ4v) is 2.89. The van der Waals surface area contributed by atoms with Crippen molar-refractivity contribution in [3.63, 3.8) is 0 Å². The number of rotatable bonds is 5. The number of carbonyl (C=O) groups is 1. The maximum absolute atomic E-state index is 11.9. The van der Waals surface area contributed by atoms with Gasteiger partial charge in [0.2, 0.25) is 0 Å². The van der Waals surface area contributed by atoms with E-state index in [-0.39, 0.29) is 5.97 Å². The Morgan fingerprint density at radius 3 is 2.55 bits per heavy atom. The van der Waals surface area contributed by atoms with Crippen molar-refractivity contribution in [2.75, 3.05) is 7.11 Å². The Morgan fingerprint density at radius 1 is 1.20 bits per heavy atom. The Labute approximate surface area is 121 Å². The number of allylic oxidation sites excluding steroid dienone is 1. The molecular formula is C18H24O2. The van der Waals surface area contributed by atoms with E-state index < -0.39 is 0 Å². The molecule has 0 saturated heterocycles. The number of hydrogen-bond acceptors (Lipinski definition) is 2. The number of benzene rings is 1. The predicted octanol–water partition coefficient (Wildman–Crippen LogP) is 4.30. The number of hydrogen-bond donors (Lipinski definition) is 0. The normalized spacial score (nSPS) is 16.9. The van der Waals surface area contributed by atoms with Crippen LogP contribution in [0.5, 0.6) is 0 Å². The van der Waals surface area contributed by atoms with Gasteiger partial charge >= 0.3 is 5.97 Å². The highest BCUT2D eigenvalue weighted by molar-refractivity contribution is 5.88. The molecule has 20 heavy (non-hydrogen) atoms. The summed E-state index contributed by atoms with van der Waals surface area (Å²) in [6.45, 7) is 0. The molecule has 0 radical (unpaired) electrons. The molecule has 1 aromatic rings. The van der Waals surface area contributed by atoms with Gasteiger partial charge < -0.3 is 4.74 Å². The van der Waals surface area contributed by atoms with E-state index in [1.807, 2.05) is 18.2 Å². The molecule has 0 aliphatic heterocycles. The van der Waals surface area contributed by atoms with E-state index >= 15 is 0 Å². The smallest absolute Gasteiger partial charge is 0.333 e. The van der Waals surface area contributed by atoms with E-state index in [0.717, 1.165) is 18.4 Å². The van der Waals surface area contributed by atoms with Crippen LogP contribution in [0.2, 0.25) is 0 Å². The summed E-state index contributed by atoms with van der Waals surface area (Å²) < 4.78 is 4.94. The average molecular weight is 272 g/mol. The molecule has 0 amide bonds. The molecule has 0 unspecified atom stereocenters. The van der Waals surface area contributed by atoms with Crippen molar-refractivity contribution < 1.29 is 9.53 Å². The fourth-order valence-electron chi connectivity index (χ4n) is 2.89. The third-order valence-corrected chi connectivity index (χ3v) is 4.06. The highest BCUT2D eigenvalue weighted by atomic mass is 16.5. The van der Waals surface area contributed by atoms with Gasteiger partial charge in [-0.1, -0.05) is 55.7 Å². The van der Waals surface area contributed by atoms with E-state index in [1.54, 1.807) is 0 Å². The molecule has 1 aliphatic carbocycles. The molecule has 1 aliphatic rings. The minimum atomic E-state index is -0.161. The van der Waals surface area contributed by atoms with Crippen LogP contribution < -0.4 is 0 Å². The van der Waals surface area contributed by atoms with Gasteiger partial charge in [0.05, 0.1) is 7.11 Å². The van der Waals surface area contributed by atoms with Crippen LogP contribution in [-0.4, -0.2) is 13.1 Å². The molecule has 0 atom stereocenters. The number of aryl methyl sites for hydroxylation is 1. The third-order valence-electron chi connectivity index (χ3n) is 4.06. The van der Waals surface area contributed by atoms with Gasteiger partial charge in [-0.2, -0.15) is 0 Å². The molecule has 2 heteroatoms. The second kappa shape index (κ2) is 7.88. The van der Waals surface area contributed by atoms with Crippen LogP contribution in [0.3, 0.4) is 0 Å². The summed E-state index contributed by atoms with van der Waals surface area (Å²) in [7, 11) is 1.47. The van der Waals surface area contributed by atoms with Crippen LogP contribution in [0.25, 0.3) is 0 Å². The van der Waals surface area contributed by atoms with Crippen molar-refractivity contribution in [3.8, 4) is 0 Å². The molecule has 0 N–H and O–H groups in total. The van der Waals surface area contributed by atoms with Crippen molar-refractivity contribution in [1.29, 1.82) is 0 Å². The lowest BCUT2D eigenvalue weighted by molar-refractivity contribution is -0.136. The maximum Gasteiger partial charge on any atom is 0.333 e. The second-order valence-electron chi connectivity index (χ2n) is 5.57. The molecule has 108 valence electrons. The lowest BCUT2D eigenvalue weighted by atomic mass is 9.87. The van der Waals surface area contributed by atoms with Crippen molar-refractivity contribution in [2.24, 2.45) is 5.92 Å². The molecule has 1 fully saturated rings. The third kappa shape index (κ3) is 4.52. The molecule has 2 rings (SSSR count). The van der Waals surface area contributed by atoms with Gasteiger partial charge in [0.1, 0.15) is 0 Å². The first-order valence-corrected chi connectivity index (χ1v) is 7.62. The first-order chi connectivity index (χ1) is 9.79. The van der Waals surface area contributed by atoms with Gasteiger partial charge in [0.25, 0.3) is 0 Å². The molecule has 1 aromatic carbocycles. The largest absolute Gasteiger partial charge is 0.466 e. The van der Waals surface area contributed by atoms with Crippen LogP contribution in [0.1, 0.15) is 44.1 Å². The maximum atomic E-state index is 11.9. The van der Waals surface area contributed by atoms with Crippen molar-refractivity contribution in [2.45, 2.75) is 44.9 Å². The fraction of sp³-hybridized carbons (Fsp3) is 0.500. The second-order valence-corrected chi connectivity index (χ2v) is 5.57. The Bertz CT molecular complexity index is 442. The SMILES string of the molecule is COC(=O)/C(=C/C1CCCCC1)CCc1ccccc1. The first kappa shape index (κ1) is 14.8. The molecule has 0 heterocycles. The molecule has 0 bridgehead atoms. The predicted molar refractivity (Wildman–Crippen MR) is 81.4 cm³/mol. The molecule has 1 saturated carbocycles. The van der Waals surface area contributed by atoms with E-state index in [9.17, 15) is 4.79 Å². The average Bonchev–Trinajstić information content (AvgIpc) is 2.52. The van der Waals surface area contributed by atoms with Gasteiger partial charge in [-0.25, -0.2) is 4.79 Å². The Balaban J connectivity index is 1.99. The van der Waals surface area contributed by atoms with Crippen molar-refractivity contribution >= 4 is 5.97 Å². The Kier molecular flexibility index (Phi) is 5.85. The monoisotopic (exact) mass is 272 g/mol. The summed E-state index contributed by atoms with van der Waals surface area (Å²) in [5.41, 5.74) is 2.12. The van der Waals surface area contributed by atoms with Crippen LogP contribution in [0.4, 0.5) is 0 Å². The lowest BCUT2D eigenvalue weighted by Crippen LogP contribution is -2.10. The minimum absolute atomic E-state index is 0.161. The van der Waals surface area contributed by atoms with Gasteiger partial charge in [-0.15, -0.1) is 0 Å². The highest BCUT2D eigenvalue weighted by Crippen LogP contribution is 2.26. The molecule has 2 nitrogen and oxygen atoms in total. The zero-order valence-electron chi connectivity index (χ0n) is 12.3. The van der Waals surface area contributed by atoms with E-state index in [4.69, 9.17) is 4.74 Å². The molecule has 0 aromatic heterocycles. The van der Waals surface area contributed by atoms with Crippen molar-refractivity contribution in [1.82, 2.24) is 0 Å². The van der Waals surface area contributed by atoms with Crippen LogP contribution in [0.15, 0.2) is 42.0 Å².